The van der Waals surface area contributed by atoms with Crippen LogP contribution < -0.4 is 10.5 Å². The molecule has 0 aliphatic carbocycles. The van der Waals surface area contributed by atoms with Crippen LogP contribution in [0.5, 0.6) is 5.75 Å². The molecule has 6 heteroatoms. The summed E-state index contributed by atoms with van der Waals surface area (Å²) in [6.07, 6.45) is 1.08. The third-order valence-corrected chi connectivity index (χ3v) is 1.10. The molecule has 0 radical (unpaired) electrons. The van der Waals surface area contributed by atoms with E-state index in [1.54, 1.807) is 0 Å². The Labute approximate surface area is 66.0 Å². The molecule has 0 spiro atoms. The van der Waals surface area contributed by atoms with E-state index in [0.29, 0.717) is 0 Å². The van der Waals surface area contributed by atoms with Crippen molar-refractivity contribution in [2.75, 3.05) is 5.73 Å². The molecule has 1 rings (SSSR count). The number of halogens is 3. The molecular formula is C6H5F3N2O. The standard InChI is InChI=1S/C6H5F3N2O/c7-4-3(12-6(8)9)1-2-11-5(4)10/h1-2,6H,(H2,10,11). The van der Waals surface area contributed by atoms with Gasteiger partial charge in [-0.1, -0.05) is 0 Å². The van der Waals surface area contributed by atoms with Gasteiger partial charge in [0.25, 0.3) is 0 Å². The van der Waals surface area contributed by atoms with Crippen LogP contribution in [0.3, 0.4) is 0 Å². The Morgan fingerprint density at radius 2 is 2.17 bits per heavy atom. The van der Waals surface area contributed by atoms with Gasteiger partial charge in [-0.3, -0.25) is 0 Å². The van der Waals surface area contributed by atoms with Crippen molar-refractivity contribution in [3.63, 3.8) is 0 Å². The number of nitrogens with zero attached hydrogens (tertiary/aromatic N) is 1. The van der Waals surface area contributed by atoms with Crippen molar-refractivity contribution in [2.45, 2.75) is 6.61 Å². The molecule has 0 aliphatic rings. The first kappa shape index (κ1) is 8.63. The summed E-state index contributed by atoms with van der Waals surface area (Å²) < 4.78 is 39.7. The predicted molar refractivity (Wildman–Crippen MR) is 35.2 cm³/mol. The Kier molecular flexibility index (Phi) is 2.37. The number of aromatic nitrogens is 1. The number of hydrogen-bond donors (Lipinski definition) is 1. The van der Waals surface area contributed by atoms with Gasteiger partial charge in [-0.05, 0) is 0 Å². The number of alkyl halides is 2. The highest BCUT2D eigenvalue weighted by Crippen LogP contribution is 2.21. The van der Waals surface area contributed by atoms with Crippen LogP contribution in [-0.4, -0.2) is 11.6 Å². The smallest absolute Gasteiger partial charge is 0.387 e. The lowest BCUT2D eigenvalue weighted by molar-refractivity contribution is -0.0521. The van der Waals surface area contributed by atoms with Crippen LogP contribution in [0.15, 0.2) is 12.3 Å². The highest BCUT2D eigenvalue weighted by molar-refractivity contribution is 5.38. The van der Waals surface area contributed by atoms with Crippen molar-refractivity contribution >= 4 is 5.82 Å². The third-order valence-electron chi connectivity index (χ3n) is 1.10. The van der Waals surface area contributed by atoms with E-state index < -0.39 is 24.0 Å². The molecule has 0 fully saturated rings. The summed E-state index contributed by atoms with van der Waals surface area (Å²) in [6.45, 7) is -3.07. The lowest BCUT2D eigenvalue weighted by atomic mass is 10.4. The van der Waals surface area contributed by atoms with Crippen molar-refractivity contribution in [3.05, 3.63) is 18.1 Å². The zero-order valence-electron chi connectivity index (χ0n) is 5.80. The minimum Gasteiger partial charge on any atom is -0.431 e. The van der Waals surface area contributed by atoms with E-state index in [1.165, 1.54) is 0 Å². The lowest BCUT2D eigenvalue weighted by Gasteiger charge is -2.05. The predicted octanol–water partition coefficient (Wildman–Crippen LogP) is 1.40. The van der Waals surface area contributed by atoms with Crippen molar-refractivity contribution in [1.82, 2.24) is 4.98 Å². The average molecular weight is 178 g/mol. The van der Waals surface area contributed by atoms with Crippen LogP contribution in [0, 0.1) is 5.82 Å². The first-order valence-electron chi connectivity index (χ1n) is 2.96. The molecule has 1 aromatic heterocycles. The summed E-state index contributed by atoms with van der Waals surface area (Å²) in [4.78, 5) is 3.32. The lowest BCUT2D eigenvalue weighted by Crippen LogP contribution is -2.05. The minimum atomic E-state index is -3.07. The largest absolute Gasteiger partial charge is 0.431 e. The number of anilines is 1. The van der Waals surface area contributed by atoms with E-state index in [-0.39, 0.29) is 0 Å². The molecule has 0 amide bonds. The second-order valence-electron chi connectivity index (χ2n) is 1.89. The van der Waals surface area contributed by atoms with Crippen molar-refractivity contribution in [2.24, 2.45) is 0 Å². The second-order valence-corrected chi connectivity index (χ2v) is 1.89. The first-order chi connectivity index (χ1) is 5.61. The quantitative estimate of drug-likeness (QED) is 0.744. The summed E-state index contributed by atoms with van der Waals surface area (Å²) >= 11 is 0. The summed E-state index contributed by atoms with van der Waals surface area (Å²) in [5.41, 5.74) is 4.99. The first-order valence-corrected chi connectivity index (χ1v) is 2.96. The van der Waals surface area contributed by atoms with E-state index in [0.717, 1.165) is 12.3 Å². The Bertz CT molecular complexity index is 279. The van der Waals surface area contributed by atoms with Gasteiger partial charge in [-0.15, -0.1) is 0 Å². The van der Waals surface area contributed by atoms with Gasteiger partial charge in [0.15, 0.2) is 11.6 Å². The molecule has 1 heterocycles. The topological polar surface area (TPSA) is 48.1 Å². The van der Waals surface area contributed by atoms with Crippen molar-refractivity contribution in [1.29, 1.82) is 0 Å². The fourth-order valence-corrected chi connectivity index (χ4v) is 0.628. The number of rotatable bonds is 2. The number of nitrogen functional groups attached to an aromatic ring is 1. The summed E-state index contributed by atoms with van der Waals surface area (Å²) in [5.74, 6) is -2.14. The van der Waals surface area contributed by atoms with Crippen LogP contribution in [-0.2, 0) is 0 Å². The van der Waals surface area contributed by atoms with E-state index in [1.807, 2.05) is 0 Å². The number of nitrogens with two attached hydrogens (primary N) is 1. The summed E-state index contributed by atoms with van der Waals surface area (Å²) in [6, 6.07) is 0.970. The Balaban J connectivity index is 2.92. The number of ether oxygens (including phenoxy) is 1. The molecule has 2 N–H and O–H groups in total. The number of hydrogen-bond acceptors (Lipinski definition) is 3. The molecule has 1 aromatic rings. The fourth-order valence-electron chi connectivity index (χ4n) is 0.628. The zero-order chi connectivity index (χ0) is 9.14. The molecule has 66 valence electrons. The zero-order valence-corrected chi connectivity index (χ0v) is 5.80. The Morgan fingerprint density at radius 1 is 1.50 bits per heavy atom. The molecular weight excluding hydrogens is 173 g/mol. The van der Waals surface area contributed by atoms with E-state index in [9.17, 15) is 13.2 Å². The minimum absolute atomic E-state index is 0.465. The van der Waals surface area contributed by atoms with Gasteiger partial charge in [0.05, 0.1) is 0 Å². The molecule has 0 saturated carbocycles. The summed E-state index contributed by atoms with van der Waals surface area (Å²) in [5, 5.41) is 0. The Morgan fingerprint density at radius 3 is 2.75 bits per heavy atom. The summed E-state index contributed by atoms with van der Waals surface area (Å²) in [7, 11) is 0. The van der Waals surface area contributed by atoms with Gasteiger partial charge in [0.2, 0.25) is 5.82 Å². The fraction of sp³-hybridized carbons (Fsp3) is 0.167. The molecule has 0 atom stereocenters. The molecule has 3 nitrogen and oxygen atoms in total. The highest BCUT2D eigenvalue weighted by atomic mass is 19.3. The number of pyridine rings is 1. The molecule has 0 bridgehead atoms. The van der Waals surface area contributed by atoms with Gasteiger partial charge < -0.3 is 10.5 Å². The molecule has 0 aliphatic heterocycles. The molecule has 12 heavy (non-hydrogen) atoms. The van der Waals surface area contributed by atoms with Gasteiger partial charge in [0.1, 0.15) is 0 Å². The van der Waals surface area contributed by atoms with Crippen LogP contribution in [0.4, 0.5) is 19.0 Å². The normalized spacial score (nSPS) is 10.3. The third kappa shape index (κ3) is 1.77. The van der Waals surface area contributed by atoms with Gasteiger partial charge >= 0.3 is 6.61 Å². The van der Waals surface area contributed by atoms with Crippen LogP contribution in [0.2, 0.25) is 0 Å². The van der Waals surface area contributed by atoms with Crippen molar-refractivity contribution in [3.8, 4) is 5.75 Å². The van der Waals surface area contributed by atoms with E-state index in [2.05, 4.69) is 9.72 Å². The van der Waals surface area contributed by atoms with Crippen molar-refractivity contribution < 1.29 is 17.9 Å². The monoisotopic (exact) mass is 178 g/mol. The SMILES string of the molecule is Nc1nccc(OC(F)F)c1F. The van der Waals surface area contributed by atoms with E-state index >= 15 is 0 Å². The van der Waals surface area contributed by atoms with Gasteiger partial charge in [-0.25, -0.2) is 4.98 Å². The van der Waals surface area contributed by atoms with Crippen LogP contribution in [0.1, 0.15) is 0 Å². The van der Waals surface area contributed by atoms with Crippen LogP contribution in [0.25, 0.3) is 0 Å². The molecule has 0 unspecified atom stereocenters. The second kappa shape index (κ2) is 3.29. The van der Waals surface area contributed by atoms with Gasteiger partial charge in [-0.2, -0.15) is 13.2 Å². The maximum absolute atomic E-state index is 12.7. The Hall–Kier alpha value is -1.46. The van der Waals surface area contributed by atoms with E-state index in [4.69, 9.17) is 5.73 Å². The highest BCUT2D eigenvalue weighted by Gasteiger charge is 2.11. The molecule has 0 aromatic carbocycles. The average Bonchev–Trinajstić information content (AvgIpc) is 1.98. The maximum atomic E-state index is 12.7. The van der Waals surface area contributed by atoms with Crippen LogP contribution >= 0.6 is 0 Å². The van der Waals surface area contributed by atoms with Gasteiger partial charge in [0, 0.05) is 12.3 Å². The molecule has 0 saturated heterocycles. The maximum Gasteiger partial charge on any atom is 0.387 e.